The molecule has 118 valence electrons. The minimum atomic E-state index is -0.237. The lowest BCUT2D eigenvalue weighted by molar-refractivity contribution is -0.125. The van der Waals surface area contributed by atoms with Crippen LogP contribution in [-0.2, 0) is 4.79 Å². The quantitative estimate of drug-likeness (QED) is 0.890. The van der Waals surface area contributed by atoms with E-state index in [0.717, 1.165) is 23.3 Å². The van der Waals surface area contributed by atoms with E-state index in [0.29, 0.717) is 0 Å². The molecule has 3 nitrogen and oxygen atoms in total. The summed E-state index contributed by atoms with van der Waals surface area (Å²) in [6.07, 6.45) is 0.912. The molecule has 1 aromatic rings. The normalized spacial score (nSPS) is 12.1. The second-order valence-electron chi connectivity index (χ2n) is 7.68. The summed E-state index contributed by atoms with van der Waals surface area (Å²) in [4.78, 5) is 12.1. The Balaban J connectivity index is 2.59. The molecule has 0 saturated heterocycles. The summed E-state index contributed by atoms with van der Waals surface area (Å²) in [7, 11) is 0. The molecule has 0 saturated carbocycles. The van der Waals surface area contributed by atoms with Gasteiger partial charge in [0.2, 0.25) is 0 Å². The summed E-state index contributed by atoms with van der Waals surface area (Å²) in [5.74, 6) is 0.730. The maximum absolute atomic E-state index is 12.1. The van der Waals surface area contributed by atoms with Crippen molar-refractivity contribution in [2.24, 2.45) is 5.41 Å². The van der Waals surface area contributed by atoms with E-state index in [1.807, 2.05) is 32.0 Å². The summed E-state index contributed by atoms with van der Waals surface area (Å²) in [6.45, 7) is 14.7. The number of amides is 1. The third-order valence-electron chi connectivity index (χ3n) is 3.21. The lowest BCUT2D eigenvalue weighted by Crippen LogP contribution is -2.47. The predicted octanol–water partition coefficient (Wildman–Crippen LogP) is 4.01. The molecule has 0 bridgehead atoms. The molecule has 1 rings (SSSR count). The standard InChI is InChI=1S/C18H29NO2/c1-13-9-8-10-14(2)16(13)21-11-15(20)19-18(6,7)12-17(3,4)5/h8-10H,11-12H2,1-7H3,(H,19,20). The van der Waals surface area contributed by atoms with Gasteiger partial charge >= 0.3 is 0 Å². The highest BCUT2D eigenvalue weighted by molar-refractivity contribution is 5.78. The molecule has 0 aromatic heterocycles. The van der Waals surface area contributed by atoms with Crippen molar-refractivity contribution in [3.05, 3.63) is 29.3 Å². The van der Waals surface area contributed by atoms with Crippen LogP contribution in [0.15, 0.2) is 18.2 Å². The molecule has 0 aliphatic carbocycles. The van der Waals surface area contributed by atoms with Gasteiger partial charge in [0.05, 0.1) is 0 Å². The number of rotatable bonds is 5. The lowest BCUT2D eigenvalue weighted by atomic mass is 9.82. The van der Waals surface area contributed by atoms with Gasteiger partial charge in [-0.3, -0.25) is 4.79 Å². The van der Waals surface area contributed by atoms with Gasteiger partial charge in [0.25, 0.3) is 5.91 Å². The van der Waals surface area contributed by atoms with E-state index >= 15 is 0 Å². The van der Waals surface area contributed by atoms with E-state index in [-0.39, 0.29) is 23.5 Å². The summed E-state index contributed by atoms with van der Waals surface area (Å²) in [5, 5.41) is 3.06. The zero-order valence-electron chi connectivity index (χ0n) is 14.5. The molecular weight excluding hydrogens is 262 g/mol. The van der Waals surface area contributed by atoms with Gasteiger partial charge < -0.3 is 10.1 Å². The van der Waals surface area contributed by atoms with Crippen molar-refractivity contribution in [3.63, 3.8) is 0 Å². The fourth-order valence-electron chi connectivity index (χ4n) is 2.95. The van der Waals surface area contributed by atoms with Crippen LogP contribution in [0, 0.1) is 19.3 Å². The van der Waals surface area contributed by atoms with Crippen LogP contribution in [-0.4, -0.2) is 18.1 Å². The Bertz CT molecular complexity index is 478. The van der Waals surface area contributed by atoms with Crippen LogP contribution in [0.5, 0.6) is 5.75 Å². The highest BCUT2D eigenvalue weighted by atomic mass is 16.5. The number of hydrogen-bond acceptors (Lipinski definition) is 2. The Morgan fingerprint density at radius 3 is 2.10 bits per heavy atom. The lowest BCUT2D eigenvalue weighted by Gasteiger charge is -2.33. The van der Waals surface area contributed by atoms with Gasteiger partial charge in [-0.15, -0.1) is 0 Å². The third-order valence-corrected chi connectivity index (χ3v) is 3.21. The molecule has 0 atom stereocenters. The van der Waals surface area contributed by atoms with Crippen LogP contribution in [0.3, 0.4) is 0 Å². The fourth-order valence-corrected chi connectivity index (χ4v) is 2.95. The molecule has 0 aliphatic heterocycles. The average Bonchev–Trinajstić information content (AvgIpc) is 2.23. The first kappa shape index (κ1) is 17.5. The van der Waals surface area contributed by atoms with Crippen LogP contribution >= 0.6 is 0 Å². The van der Waals surface area contributed by atoms with Crippen molar-refractivity contribution in [2.45, 2.75) is 60.4 Å². The van der Waals surface area contributed by atoms with Gasteiger partial charge in [0, 0.05) is 5.54 Å². The Labute approximate surface area is 129 Å². The van der Waals surface area contributed by atoms with E-state index in [4.69, 9.17) is 4.74 Å². The van der Waals surface area contributed by atoms with Gasteiger partial charge in [0.15, 0.2) is 6.61 Å². The number of aryl methyl sites for hydroxylation is 2. The van der Waals surface area contributed by atoms with Crippen LogP contribution in [0.25, 0.3) is 0 Å². The number of benzene rings is 1. The minimum Gasteiger partial charge on any atom is -0.483 e. The second-order valence-corrected chi connectivity index (χ2v) is 7.68. The fraction of sp³-hybridized carbons (Fsp3) is 0.611. The SMILES string of the molecule is Cc1cccc(C)c1OCC(=O)NC(C)(C)CC(C)(C)C. The van der Waals surface area contributed by atoms with Gasteiger partial charge in [-0.25, -0.2) is 0 Å². The molecule has 21 heavy (non-hydrogen) atoms. The van der Waals surface area contributed by atoms with Crippen molar-refractivity contribution in [2.75, 3.05) is 6.61 Å². The minimum absolute atomic E-state index is 0.0548. The molecule has 0 aliphatic rings. The summed E-state index contributed by atoms with van der Waals surface area (Å²) in [5.41, 5.74) is 2.04. The van der Waals surface area contributed by atoms with E-state index in [1.54, 1.807) is 0 Å². The molecule has 0 radical (unpaired) electrons. The zero-order chi connectivity index (χ0) is 16.3. The van der Waals surface area contributed by atoms with Crippen molar-refractivity contribution in [1.29, 1.82) is 0 Å². The Morgan fingerprint density at radius 2 is 1.62 bits per heavy atom. The Morgan fingerprint density at radius 1 is 1.10 bits per heavy atom. The monoisotopic (exact) mass is 291 g/mol. The largest absolute Gasteiger partial charge is 0.483 e. The van der Waals surface area contributed by atoms with Crippen LogP contribution in [0.2, 0.25) is 0 Å². The van der Waals surface area contributed by atoms with E-state index in [1.165, 1.54) is 0 Å². The zero-order valence-corrected chi connectivity index (χ0v) is 14.5. The van der Waals surface area contributed by atoms with Crippen molar-refractivity contribution in [3.8, 4) is 5.75 Å². The number of carbonyl (C=O) groups excluding carboxylic acids is 1. The number of nitrogens with one attached hydrogen (secondary N) is 1. The average molecular weight is 291 g/mol. The molecule has 1 N–H and O–H groups in total. The van der Waals surface area contributed by atoms with Gasteiger partial charge in [0.1, 0.15) is 5.75 Å². The summed E-state index contributed by atoms with van der Waals surface area (Å²) in [6, 6.07) is 5.97. The van der Waals surface area contributed by atoms with Crippen molar-refractivity contribution >= 4 is 5.91 Å². The third kappa shape index (κ3) is 6.19. The Kier molecular flexibility index (Phi) is 5.43. The molecule has 0 fully saturated rings. The molecule has 0 spiro atoms. The highest BCUT2D eigenvalue weighted by Gasteiger charge is 2.27. The van der Waals surface area contributed by atoms with Crippen LogP contribution < -0.4 is 10.1 Å². The number of hydrogen-bond donors (Lipinski definition) is 1. The first-order valence-electron chi connectivity index (χ1n) is 7.50. The maximum atomic E-state index is 12.1. The number of para-hydroxylation sites is 1. The first-order valence-corrected chi connectivity index (χ1v) is 7.50. The van der Waals surface area contributed by atoms with Gasteiger partial charge in [-0.05, 0) is 50.7 Å². The highest BCUT2D eigenvalue weighted by Crippen LogP contribution is 2.27. The topological polar surface area (TPSA) is 38.3 Å². The molecule has 1 amide bonds. The molecule has 0 heterocycles. The summed E-state index contributed by atoms with van der Waals surface area (Å²) < 4.78 is 5.69. The predicted molar refractivity (Wildman–Crippen MR) is 87.7 cm³/mol. The maximum Gasteiger partial charge on any atom is 0.258 e. The van der Waals surface area contributed by atoms with Crippen LogP contribution in [0.4, 0.5) is 0 Å². The molecule has 1 aromatic carbocycles. The summed E-state index contributed by atoms with van der Waals surface area (Å²) >= 11 is 0. The van der Waals surface area contributed by atoms with Gasteiger partial charge in [-0.1, -0.05) is 39.0 Å². The van der Waals surface area contributed by atoms with E-state index < -0.39 is 0 Å². The first-order chi connectivity index (χ1) is 9.50. The molecule has 0 unspecified atom stereocenters. The number of ether oxygens (including phenoxy) is 1. The van der Waals surface area contributed by atoms with Gasteiger partial charge in [-0.2, -0.15) is 0 Å². The number of carbonyl (C=O) groups is 1. The van der Waals surface area contributed by atoms with Crippen LogP contribution in [0.1, 0.15) is 52.2 Å². The smallest absolute Gasteiger partial charge is 0.258 e. The van der Waals surface area contributed by atoms with Crippen molar-refractivity contribution in [1.82, 2.24) is 5.32 Å². The second kappa shape index (κ2) is 6.50. The Hall–Kier alpha value is -1.51. The molecule has 3 heteroatoms. The van der Waals surface area contributed by atoms with E-state index in [2.05, 4.69) is 39.9 Å². The van der Waals surface area contributed by atoms with E-state index in [9.17, 15) is 4.79 Å². The molecular formula is C18H29NO2. The van der Waals surface area contributed by atoms with Crippen molar-refractivity contribution < 1.29 is 9.53 Å².